The minimum atomic E-state index is -2.79. The predicted molar refractivity (Wildman–Crippen MR) is 99.3 cm³/mol. The number of alkyl halides is 2. The van der Waals surface area contributed by atoms with Gasteiger partial charge < -0.3 is 9.15 Å². The average molecular weight is 433 g/mol. The van der Waals surface area contributed by atoms with Crippen LogP contribution in [0.2, 0.25) is 10.0 Å². The van der Waals surface area contributed by atoms with Crippen molar-refractivity contribution in [3.8, 4) is 5.75 Å². The molecule has 6 nitrogen and oxygen atoms in total. The van der Waals surface area contributed by atoms with E-state index in [1.54, 1.807) is 36.6 Å². The molecule has 2 heterocycles. The molecule has 11 heteroatoms. The number of halogens is 4. The van der Waals surface area contributed by atoms with Gasteiger partial charge in [0, 0.05) is 0 Å². The Hall–Kier alpha value is -2.10. The zero-order chi connectivity index (χ0) is 19.4. The second-order valence-electron chi connectivity index (χ2n) is 5.05. The lowest BCUT2D eigenvalue weighted by Crippen LogP contribution is -2.00. The number of nitrogens with zero attached hydrogens (tertiary/aromatic N) is 4. The largest absolute Gasteiger partial charge is 0.483 e. The number of aromatic nitrogens is 3. The van der Waals surface area contributed by atoms with Crippen LogP contribution in [0.25, 0.3) is 0 Å². The monoisotopic (exact) mass is 432 g/mol. The van der Waals surface area contributed by atoms with E-state index in [0.29, 0.717) is 27.3 Å². The van der Waals surface area contributed by atoms with Gasteiger partial charge in [0.25, 0.3) is 6.43 Å². The van der Waals surface area contributed by atoms with Crippen molar-refractivity contribution in [2.45, 2.75) is 18.2 Å². The van der Waals surface area contributed by atoms with Crippen molar-refractivity contribution in [1.29, 1.82) is 0 Å². The average Bonchev–Trinajstić information content (AvgIpc) is 3.25. The van der Waals surface area contributed by atoms with Gasteiger partial charge in [-0.05, 0) is 30.5 Å². The molecule has 0 aliphatic rings. The van der Waals surface area contributed by atoms with E-state index in [0.717, 1.165) is 16.4 Å². The van der Waals surface area contributed by atoms with Gasteiger partial charge in [0.05, 0.1) is 16.3 Å². The van der Waals surface area contributed by atoms with E-state index >= 15 is 0 Å². The van der Waals surface area contributed by atoms with Crippen LogP contribution in [0.5, 0.6) is 5.75 Å². The molecule has 0 atom stereocenters. The zero-order valence-corrected chi connectivity index (χ0v) is 16.1. The van der Waals surface area contributed by atoms with Crippen LogP contribution in [0.3, 0.4) is 0 Å². The normalized spacial score (nSPS) is 11.6. The molecule has 27 heavy (non-hydrogen) atoms. The number of rotatable bonds is 7. The Labute approximate surface area is 167 Å². The summed E-state index contributed by atoms with van der Waals surface area (Å²) < 4.78 is 38.0. The van der Waals surface area contributed by atoms with Gasteiger partial charge in [0.2, 0.25) is 11.0 Å². The van der Waals surface area contributed by atoms with Crippen LogP contribution in [-0.4, -0.2) is 27.3 Å². The van der Waals surface area contributed by atoms with Crippen molar-refractivity contribution in [2.24, 2.45) is 5.10 Å². The molecule has 0 N–H and O–H groups in total. The van der Waals surface area contributed by atoms with Gasteiger partial charge in [-0.1, -0.05) is 41.0 Å². The molecule has 0 amide bonds. The first kappa shape index (κ1) is 19.7. The van der Waals surface area contributed by atoms with Crippen LogP contribution >= 0.6 is 35.0 Å². The Bertz CT molecular complexity index is 942. The van der Waals surface area contributed by atoms with Gasteiger partial charge in [-0.15, -0.1) is 10.2 Å². The Morgan fingerprint density at radius 3 is 2.67 bits per heavy atom. The van der Waals surface area contributed by atoms with E-state index in [1.165, 1.54) is 6.21 Å². The summed E-state index contributed by atoms with van der Waals surface area (Å²) in [4.78, 5) is 0. The molecule has 0 aliphatic carbocycles. The van der Waals surface area contributed by atoms with E-state index < -0.39 is 12.2 Å². The molecule has 0 bridgehead atoms. The van der Waals surface area contributed by atoms with Crippen LogP contribution in [0, 0.1) is 0 Å². The third-order valence-electron chi connectivity index (χ3n) is 3.27. The second kappa shape index (κ2) is 8.73. The fourth-order valence-electron chi connectivity index (χ4n) is 2.07. The first-order valence-corrected chi connectivity index (χ1v) is 9.45. The van der Waals surface area contributed by atoms with Crippen molar-refractivity contribution in [3.05, 3.63) is 57.7 Å². The lowest BCUT2D eigenvalue weighted by atomic mass is 10.3. The number of furan rings is 1. The van der Waals surface area contributed by atoms with E-state index in [9.17, 15) is 8.78 Å². The molecule has 0 unspecified atom stereocenters. The fourth-order valence-corrected chi connectivity index (χ4v) is 3.01. The summed E-state index contributed by atoms with van der Waals surface area (Å²) in [5.41, 5.74) is 0. The van der Waals surface area contributed by atoms with Gasteiger partial charge in [0.15, 0.2) is 5.75 Å². The quantitative estimate of drug-likeness (QED) is 0.374. The highest BCUT2D eigenvalue weighted by atomic mass is 35.5. The van der Waals surface area contributed by atoms with Crippen molar-refractivity contribution < 1.29 is 17.9 Å². The Morgan fingerprint density at radius 2 is 2.00 bits per heavy atom. The summed E-state index contributed by atoms with van der Waals surface area (Å²) >= 11 is 13.2. The van der Waals surface area contributed by atoms with Crippen LogP contribution in [0.1, 0.15) is 23.8 Å². The molecule has 0 saturated carbocycles. The summed E-state index contributed by atoms with van der Waals surface area (Å²) in [6.45, 7) is 0.0856. The van der Waals surface area contributed by atoms with Crippen LogP contribution in [0.4, 0.5) is 8.78 Å². The lowest BCUT2D eigenvalue weighted by Gasteiger charge is -2.07. The molecule has 0 radical (unpaired) electrons. The van der Waals surface area contributed by atoms with Crippen molar-refractivity contribution >= 4 is 41.2 Å². The summed E-state index contributed by atoms with van der Waals surface area (Å²) in [6.07, 6.45) is 0.186. The second-order valence-corrected chi connectivity index (χ2v) is 6.63. The van der Waals surface area contributed by atoms with Gasteiger partial charge in [-0.25, -0.2) is 8.78 Å². The maximum atomic E-state index is 13.0. The minimum absolute atomic E-state index is 0.0856. The number of benzene rings is 1. The number of hydrogen-bond acceptors (Lipinski definition) is 6. The summed E-state index contributed by atoms with van der Waals surface area (Å²) in [7, 11) is 0. The Kier molecular flexibility index (Phi) is 6.35. The zero-order valence-electron chi connectivity index (χ0n) is 13.8. The molecule has 142 valence electrons. The molecule has 3 aromatic rings. The molecule has 0 fully saturated rings. The van der Waals surface area contributed by atoms with Crippen LogP contribution < -0.4 is 4.74 Å². The van der Waals surface area contributed by atoms with E-state index in [2.05, 4.69) is 15.3 Å². The first-order chi connectivity index (χ1) is 13.0. The molecular weight excluding hydrogens is 421 g/mol. The molecule has 3 rings (SSSR count). The highest BCUT2D eigenvalue weighted by Gasteiger charge is 2.19. The molecular formula is C16H12Cl2F2N4O2S. The number of ether oxygens (including phenoxy) is 1. The highest BCUT2D eigenvalue weighted by molar-refractivity contribution is 7.98. The predicted octanol–water partition coefficient (Wildman–Crippen LogP) is 5.30. The number of hydrogen-bond donors (Lipinski definition) is 0. The molecule has 2 aromatic heterocycles. The van der Waals surface area contributed by atoms with Crippen molar-refractivity contribution in [2.75, 3.05) is 6.26 Å². The van der Waals surface area contributed by atoms with Gasteiger partial charge in [-0.3, -0.25) is 0 Å². The van der Waals surface area contributed by atoms with Gasteiger partial charge in [-0.2, -0.15) is 9.78 Å². The Balaban J connectivity index is 1.72. The maximum absolute atomic E-state index is 13.0. The maximum Gasteiger partial charge on any atom is 0.299 e. The first-order valence-electron chi connectivity index (χ1n) is 7.47. The van der Waals surface area contributed by atoms with Crippen molar-refractivity contribution in [1.82, 2.24) is 14.9 Å². The molecule has 0 spiro atoms. The number of para-hydroxylation sites is 1. The van der Waals surface area contributed by atoms with Gasteiger partial charge >= 0.3 is 0 Å². The third-order valence-corrected chi connectivity index (χ3v) is 4.49. The van der Waals surface area contributed by atoms with Crippen molar-refractivity contribution in [3.63, 3.8) is 0 Å². The highest BCUT2D eigenvalue weighted by Crippen LogP contribution is 2.33. The van der Waals surface area contributed by atoms with E-state index in [1.807, 2.05) is 0 Å². The van der Waals surface area contributed by atoms with Crippen LogP contribution in [0.15, 0.2) is 45.0 Å². The molecule has 0 aliphatic heterocycles. The standard InChI is InChI=1S/C16H12Cl2F2N4O2S/c1-27-16-23-22-15(14(19)20)24(16)21-7-9-5-6-10(26-9)8-25-13-11(17)3-2-4-12(13)18/h2-7,14H,8H2,1H3. The lowest BCUT2D eigenvalue weighted by molar-refractivity contribution is 0.135. The van der Waals surface area contributed by atoms with E-state index in [4.69, 9.17) is 32.4 Å². The minimum Gasteiger partial charge on any atom is -0.483 e. The molecule has 1 aromatic carbocycles. The molecule has 0 saturated heterocycles. The van der Waals surface area contributed by atoms with Gasteiger partial charge in [0.1, 0.15) is 18.1 Å². The smallest absolute Gasteiger partial charge is 0.299 e. The SMILES string of the molecule is CSc1nnc(C(F)F)n1N=Cc1ccc(COc2c(Cl)cccc2Cl)o1. The fraction of sp³-hybridized carbons (Fsp3) is 0.188. The number of thioether (sulfide) groups is 1. The van der Waals surface area contributed by atoms with Crippen LogP contribution in [-0.2, 0) is 6.61 Å². The Morgan fingerprint density at radius 1 is 1.26 bits per heavy atom. The summed E-state index contributed by atoms with van der Waals surface area (Å²) in [6, 6.07) is 8.32. The topological polar surface area (TPSA) is 65.4 Å². The third kappa shape index (κ3) is 4.60. The summed E-state index contributed by atoms with van der Waals surface area (Å²) in [5, 5.41) is 12.1. The summed E-state index contributed by atoms with van der Waals surface area (Å²) in [5.74, 6) is 0.636. The van der Waals surface area contributed by atoms with E-state index in [-0.39, 0.29) is 11.8 Å².